The van der Waals surface area contributed by atoms with Gasteiger partial charge in [0.05, 0.1) is 0 Å². The first-order chi connectivity index (χ1) is 18.0. The third-order valence-electron chi connectivity index (χ3n) is 5.96. The van der Waals surface area contributed by atoms with Crippen molar-refractivity contribution in [3.8, 4) is 23.3 Å². The number of ether oxygens (including phenoxy) is 1. The van der Waals surface area contributed by atoms with Gasteiger partial charge in [-0.05, 0) is 68.0 Å². The van der Waals surface area contributed by atoms with Crippen molar-refractivity contribution in [2.45, 2.75) is 78.7 Å². The second-order valence-corrected chi connectivity index (χ2v) is 8.76. The number of aromatic hydroxyl groups is 1. The van der Waals surface area contributed by atoms with Gasteiger partial charge in [-0.15, -0.1) is 0 Å². The van der Waals surface area contributed by atoms with Gasteiger partial charge in [0.25, 0.3) is 0 Å². The van der Waals surface area contributed by atoms with E-state index in [0.717, 1.165) is 48.8 Å². The molecule has 1 atom stereocenters. The smallest absolute Gasteiger partial charge is 0.339 e. The Kier molecular flexibility index (Phi) is 12.9. The number of benzene rings is 2. The van der Waals surface area contributed by atoms with Crippen molar-refractivity contribution in [2.24, 2.45) is 0 Å². The molecule has 0 spiro atoms. The normalized spacial score (nSPS) is 13.1. The topological polar surface area (TPSA) is 66.8 Å². The van der Waals surface area contributed by atoms with Crippen LogP contribution in [0.1, 0.15) is 100 Å². The minimum absolute atomic E-state index is 0.142. The van der Waals surface area contributed by atoms with Crippen LogP contribution in [0.25, 0.3) is 0 Å². The van der Waals surface area contributed by atoms with E-state index >= 15 is 0 Å². The van der Waals surface area contributed by atoms with Crippen molar-refractivity contribution < 1.29 is 19.7 Å². The number of carboxylic acid groups (broad SMARTS) is 1. The van der Waals surface area contributed by atoms with E-state index < -0.39 is 5.97 Å². The molecule has 2 aromatic carbocycles. The van der Waals surface area contributed by atoms with E-state index in [9.17, 15) is 9.90 Å². The van der Waals surface area contributed by atoms with E-state index in [1.807, 2.05) is 38.1 Å². The van der Waals surface area contributed by atoms with Gasteiger partial charge in [0.2, 0.25) is 0 Å². The molecule has 0 aromatic heterocycles. The highest BCUT2D eigenvalue weighted by atomic mass is 16.5. The summed E-state index contributed by atoms with van der Waals surface area (Å²) < 4.78 is 6.15. The Bertz CT molecular complexity index is 1160. The Morgan fingerprint density at radius 1 is 1.00 bits per heavy atom. The van der Waals surface area contributed by atoms with Crippen LogP contribution in [0.2, 0.25) is 0 Å². The van der Waals surface area contributed by atoms with Gasteiger partial charge in [0.1, 0.15) is 23.2 Å². The highest BCUT2D eigenvalue weighted by Gasteiger charge is 2.16. The molecular formula is C33H40O4. The Morgan fingerprint density at radius 3 is 2.38 bits per heavy atom. The summed E-state index contributed by atoms with van der Waals surface area (Å²) in [7, 11) is 0. The minimum Gasteiger partial charge on any atom is -0.507 e. The molecule has 0 fully saturated rings. The molecule has 0 saturated heterocycles. The summed E-state index contributed by atoms with van der Waals surface area (Å²) in [5.41, 5.74) is 4.27. The standard InChI is InChI=1S/C31H34O4.C2H6/c1-3-5-8-23-9-7-10-24(13-12-23)14-15-25-16-18-26(19-17-25)30(11-6-4-2)35-27-20-21-28(31(33)34)29(32)22-27;1-2/h7,10,12-13,16-22,30,32H,3-6,8-9,11H2,1-2H3,(H,33,34);1-2H3. The maximum absolute atomic E-state index is 11.2. The molecule has 0 amide bonds. The number of hydrogen-bond donors (Lipinski definition) is 2. The van der Waals surface area contributed by atoms with Crippen molar-refractivity contribution in [1.82, 2.24) is 0 Å². The van der Waals surface area contributed by atoms with Gasteiger partial charge in [-0.3, -0.25) is 0 Å². The van der Waals surface area contributed by atoms with Gasteiger partial charge in [-0.2, -0.15) is 0 Å². The quantitative estimate of drug-likeness (QED) is 0.320. The number of phenols is 1. The number of carboxylic acids is 1. The lowest BCUT2D eigenvalue weighted by molar-refractivity contribution is 0.0693. The first kappa shape index (κ1) is 29.5. The Labute approximate surface area is 222 Å². The zero-order valence-corrected chi connectivity index (χ0v) is 22.6. The molecule has 4 nitrogen and oxygen atoms in total. The number of unbranched alkanes of at least 4 members (excludes halogenated alkanes) is 2. The van der Waals surface area contributed by atoms with Gasteiger partial charge in [-0.1, -0.05) is 88.3 Å². The molecular weight excluding hydrogens is 460 g/mol. The van der Waals surface area contributed by atoms with Crippen LogP contribution in [0.4, 0.5) is 0 Å². The van der Waals surface area contributed by atoms with Crippen molar-refractivity contribution in [3.05, 3.63) is 94.6 Å². The largest absolute Gasteiger partial charge is 0.507 e. The molecule has 37 heavy (non-hydrogen) atoms. The van der Waals surface area contributed by atoms with E-state index in [0.29, 0.717) is 5.75 Å². The molecule has 1 aliphatic carbocycles. The Balaban J connectivity index is 0.00000235. The zero-order chi connectivity index (χ0) is 27.0. The molecule has 196 valence electrons. The maximum Gasteiger partial charge on any atom is 0.339 e. The molecule has 0 radical (unpaired) electrons. The summed E-state index contributed by atoms with van der Waals surface area (Å²) in [6.07, 6.45) is 15.8. The predicted octanol–water partition coefficient (Wildman–Crippen LogP) is 8.78. The lowest BCUT2D eigenvalue weighted by Crippen LogP contribution is -2.08. The first-order valence-electron chi connectivity index (χ1n) is 13.4. The summed E-state index contributed by atoms with van der Waals surface area (Å²) in [6.45, 7) is 8.34. The summed E-state index contributed by atoms with van der Waals surface area (Å²) in [5, 5.41) is 19.1. The third-order valence-corrected chi connectivity index (χ3v) is 5.96. The fourth-order valence-electron chi connectivity index (χ4n) is 3.88. The molecule has 3 rings (SSSR count). The van der Waals surface area contributed by atoms with Crippen molar-refractivity contribution in [2.75, 3.05) is 0 Å². The number of rotatable bonds is 10. The summed E-state index contributed by atoms with van der Waals surface area (Å²) in [6, 6.07) is 12.3. The second kappa shape index (κ2) is 16.1. The minimum atomic E-state index is -1.17. The lowest BCUT2D eigenvalue weighted by atomic mass is 10.0. The summed E-state index contributed by atoms with van der Waals surface area (Å²) in [5.74, 6) is 5.49. The number of allylic oxidation sites excluding steroid dienone is 6. The molecule has 1 unspecified atom stereocenters. The van der Waals surface area contributed by atoms with Crippen LogP contribution in [0.15, 0.2) is 77.9 Å². The molecule has 0 heterocycles. The summed E-state index contributed by atoms with van der Waals surface area (Å²) >= 11 is 0. The SMILES string of the molecule is CC.CCCCC1=CC=C(C#Cc2ccc(C(CCCC)Oc3ccc(C(=O)O)c(O)c3)cc2)C=CC1. The van der Waals surface area contributed by atoms with Crippen LogP contribution in [-0.4, -0.2) is 16.2 Å². The summed E-state index contributed by atoms with van der Waals surface area (Å²) in [4.78, 5) is 11.2. The Hall–Kier alpha value is -3.71. The van der Waals surface area contributed by atoms with E-state index in [1.165, 1.54) is 30.5 Å². The van der Waals surface area contributed by atoms with Crippen molar-refractivity contribution in [1.29, 1.82) is 0 Å². The molecule has 1 aliphatic rings. The molecule has 2 N–H and O–H groups in total. The monoisotopic (exact) mass is 500 g/mol. The second-order valence-electron chi connectivity index (χ2n) is 8.76. The highest BCUT2D eigenvalue weighted by molar-refractivity contribution is 5.90. The van der Waals surface area contributed by atoms with Crippen molar-refractivity contribution in [3.63, 3.8) is 0 Å². The number of hydrogen-bond acceptors (Lipinski definition) is 3. The van der Waals surface area contributed by atoms with E-state index in [-0.39, 0.29) is 17.4 Å². The molecule has 0 saturated carbocycles. The van der Waals surface area contributed by atoms with Crippen LogP contribution in [0.5, 0.6) is 11.5 Å². The Morgan fingerprint density at radius 2 is 1.73 bits per heavy atom. The van der Waals surface area contributed by atoms with Gasteiger partial charge in [0, 0.05) is 17.2 Å². The average Bonchev–Trinajstić information content (AvgIpc) is 3.15. The zero-order valence-electron chi connectivity index (χ0n) is 22.6. The van der Waals surface area contributed by atoms with Gasteiger partial charge in [-0.25, -0.2) is 4.79 Å². The van der Waals surface area contributed by atoms with Gasteiger partial charge < -0.3 is 14.9 Å². The van der Waals surface area contributed by atoms with E-state index in [4.69, 9.17) is 9.84 Å². The fourth-order valence-corrected chi connectivity index (χ4v) is 3.88. The first-order valence-corrected chi connectivity index (χ1v) is 13.4. The van der Waals surface area contributed by atoms with Crippen LogP contribution in [-0.2, 0) is 0 Å². The predicted molar refractivity (Wildman–Crippen MR) is 152 cm³/mol. The molecule has 0 bridgehead atoms. The van der Waals surface area contributed by atoms with E-state index in [2.05, 4.69) is 50.0 Å². The highest BCUT2D eigenvalue weighted by Crippen LogP contribution is 2.30. The number of aromatic carboxylic acids is 1. The van der Waals surface area contributed by atoms with Crippen LogP contribution < -0.4 is 4.74 Å². The van der Waals surface area contributed by atoms with Crippen LogP contribution in [0.3, 0.4) is 0 Å². The lowest BCUT2D eigenvalue weighted by Gasteiger charge is -2.20. The average molecular weight is 501 g/mol. The maximum atomic E-state index is 11.2. The third kappa shape index (κ3) is 9.69. The van der Waals surface area contributed by atoms with Crippen LogP contribution >= 0.6 is 0 Å². The van der Waals surface area contributed by atoms with E-state index in [1.54, 1.807) is 6.07 Å². The molecule has 2 aromatic rings. The van der Waals surface area contributed by atoms with Gasteiger partial charge >= 0.3 is 5.97 Å². The molecule has 0 aliphatic heterocycles. The van der Waals surface area contributed by atoms with Crippen molar-refractivity contribution >= 4 is 5.97 Å². The van der Waals surface area contributed by atoms with Crippen LogP contribution in [0, 0.1) is 11.8 Å². The number of carbonyl (C=O) groups is 1. The molecule has 4 heteroatoms. The van der Waals surface area contributed by atoms with Gasteiger partial charge in [0.15, 0.2) is 0 Å². The fraction of sp³-hybridized carbons (Fsp3) is 0.364.